The lowest BCUT2D eigenvalue weighted by atomic mass is 9.84. The Morgan fingerprint density at radius 3 is 2.58 bits per heavy atom. The molecule has 1 saturated carbocycles. The summed E-state index contributed by atoms with van der Waals surface area (Å²) in [7, 11) is 0. The average Bonchev–Trinajstić information content (AvgIpc) is 3.21. The van der Waals surface area contributed by atoms with Crippen LogP contribution in [0.25, 0.3) is 10.8 Å². The first-order chi connectivity index (χ1) is 12.6. The topological polar surface area (TPSA) is 66.8 Å². The molecule has 1 aliphatic heterocycles. The van der Waals surface area contributed by atoms with Crippen LogP contribution in [0.15, 0.2) is 42.5 Å². The molecular formula is C21H23NO4. The van der Waals surface area contributed by atoms with Gasteiger partial charge in [-0.05, 0) is 35.7 Å². The highest BCUT2D eigenvalue weighted by molar-refractivity contribution is 6.06. The molecule has 1 atom stereocenters. The average molecular weight is 353 g/mol. The van der Waals surface area contributed by atoms with E-state index in [1.807, 2.05) is 42.5 Å². The number of β-amino-alcohol motifs (C(OH)–C–C–N with tert-alkyl or cyclic N) is 1. The van der Waals surface area contributed by atoms with Crippen molar-refractivity contribution >= 4 is 22.6 Å². The largest absolute Gasteiger partial charge is 0.491 e. The van der Waals surface area contributed by atoms with E-state index in [2.05, 4.69) is 0 Å². The molecule has 1 spiro atoms. The van der Waals surface area contributed by atoms with E-state index in [0.717, 1.165) is 36.5 Å². The van der Waals surface area contributed by atoms with Crippen LogP contribution in [0.4, 0.5) is 0 Å². The summed E-state index contributed by atoms with van der Waals surface area (Å²) in [5.41, 5.74) is -0.490. The number of hydrogen-bond acceptors (Lipinski definition) is 4. The molecule has 1 unspecified atom stereocenters. The summed E-state index contributed by atoms with van der Waals surface area (Å²) in [6, 6.07) is 13.7. The summed E-state index contributed by atoms with van der Waals surface area (Å²) in [5, 5.41) is 12.5. The van der Waals surface area contributed by atoms with Gasteiger partial charge < -0.3 is 9.84 Å². The summed E-state index contributed by atoms with van der Waals surface area (Å²) in [6.45, 7) is 0.0510. The number of hydrogen-bond donors (Lipinski definition) is 1. The maximum Gasteiger partial charge on any atom is 0.235 e. The first-order valence-corrected chi connectivity index (χ1v) is 9.22. The van der Waals surface area contributed by atoms with E-state index in [-0.39, 0.29) is 25.0 Å². The van der Waals surface area contributed by atoms with Crippen molar-refractivity contribution in [3.8, 4) is 5.75 Å². The maximum absolute atomic E-state index is 12.6. The van der Waals surface area contributed by atoms with Gasteiger partial charge in [0.15, 0.2) is 0 Å². The Kier molecular flexibility index (Phi) is 4.41. The molecule has 1 aliphatic carbocycles. The minimum Gasteiger partial charge on any atom is -0.491 e. The lowest BCUT2D eigenvalue weighted by Gasteiger charge is -2.23. The lowest BCUT2D eigenvalue weighted by molar-refractivity contribution is -0.143. The number of carbonyl (C=O) groups is 2. The van der Waals surface area contributed by atoms with Crippen molar-refractivity contribution in [1.29, 1.82) is 0 Å². The summed E-state index contributed by atoms with van der Waals surface area (Å²) < 4.78 is 5.67. The summed E-state index contributed by atoms with van der Waals surface area (Å²) in [6.07, 6.45) is 2.98. The lowest BCUT2D eigenvalue weighted by Crippen LogP contribution is -2.41. The molecule has 2 aromatic carbocycles. The maximum atomic E-state index is 12.6. The fourth-order valence-electron chi connectivity index (χ4n) is 4.20. The quantitative estimate of drug-likeness (QED) is 0.840. The number of rotatable bonds is 5. The number of ether oxygens (including phenoxy) is 1. The fourth-order valence-corrected chi connectivity index (χ4v) is 4.20. The van der Waals surface area contributed by atoms with Crippen LogP contribution in [0.1, 0.15) is 32.1 Å². The van der Waals surface area contributed by atoms with Gasteiger partial charge in [-0.2, -0.15) is 0 Å². The van der Waals surface area contributed by atoms with Gasteiger partial charge in [0.25, 0.3) is 0 Å². The molecule has 2 fully saturated rings. The van der Waals surface area contributed by atoms with Crippen molar-refractivity contribution in [2.75, 3.05) is 13.2 Å². The number of aliphatic hydroxyl groups excluding tert-OH is 1. The van der Waals surface area contributed by atoms with Gasteiger partial charge in [0.2, 0.25) is 11.8 Å². The Bertz CT molecular complexity index is 841. The summed E-state index contributed by atoms with van der Waals surface area (Å²) in [4.78, 5) is 26.1. The van der Waals surface area contributed by atoms with Crippen LogP contribution in [-0.4, -0.2) is 41.1 Å². The molecule has 2 aromatic rings. The van der Waals surface area contributed by atoms with Gasteiger partial charge in [0.05, 0.1) is 12.0 Å². The number of benzene rings is 2. The Labute approximate surface area is 152 Å². The van der Waals surface area contributed by atoms with Gasteiger partial charge >= 0.3 is 0 Å². The number of likely N-dealkylation sites (tertiary alicyclic amines) is 1. The normalized spacial score (nSPS) is 20.3. The van der Waals surface area contributed by atoms with Gasteiger partial charge in [-0.15, -0.1) is 0 Å². The molecule has 0 aromatic heterocycles. The Hall–Kier alpha value is -2.40. The SMILES string of the molecule is O=C1CC2(CCCC2)C(=O)N1CC(O)COc1ccc2ccccc2c1. The summed E-state index contributed by atoms with van der Waals surface area (Å²) >= 11 is 0. The monoisotopic (exact) mass is 353 g/mol. The van der Waals surface area contributed by atoms with Gasteiger partial charge in [-0.3, -0.25) is 14.5 Å². The first kappa shape index (κ1) is 17.0. The van der Waals surface area contributed by atoms with Crippen LogP contribution in [0.3, 0.4) is 0 Å². The molecule has 1 heterocycles. The highest BCUT2D eigenvalue weighted by atomic mass is 16.5. The fraction of sp³-hybridized carbons (Fsp3) is 0.429. The minimum absolute atomic E-state index is 0.00694. The smallest absolute Gasteiger partial charge is 0.235 e. The van der Waals surface area contributed by atoms with Crippen LogP contribution in [0.5, 0.6) is 5.75 Å². The molecule has 1 saturated heterocycles. The number of imide groups is 1. The molecule has 26 heavy (non-hydrogen) atoms. The molecule has 5 heteroatoms. The van der Waals surface area contributed by atoms with E-state index < -0.39 is 11.5 Å². The zero-order chi connectivity index (χ0) is 18.1. The van der Waals surface area contributed by atoms with E-state index in [1.165, 1.54) is 4.90 Å². The van der Waals surface area contributed by atoms with Crippen molar-refractivity contribution in [3.63, 3.8) is 0 Å². The van der Waals surface area contributed by atoms with Crippen LogP contribution in [-0.2, 0) is 9.59 Å². The third-order valence-corrected chi connectivity index (χ3v) is 5.61. The predicted octanol–water partition coefficient (Wildman–Crippen LogP) is 2.90. The standard InChI is InChI=1S/C21H23NO4/c23-17(13-22-19(24)12-21(20(22)25)9-3-4-10-21)14-26-18-8-7-15-5-1-2-6-16(15)11-18/h1-2,5-8,11,17,23H,3-4,9-10,12-14H2. The second-order valence-electron chi connectivity index (χ2n) is 7.45. The van der Waals surface area contributed by atoms with Gasteiger partial charge in [-0.1, -0.05) is 43.2 Å². The van der Waals surface area contributed by atoms with Gasteiger partial charge in [-0.25, -0.2) is 0 Å². The Balaban J connectivity index is 1.37. The molecule has 136 valence electrons. The minimum atomic E-state index is -0.897. The zero-order valence-corrected chi connectivity index (χ0v) is 14.7. The van der Waals surface area contributed by atoms with E-state index in [4.69, 9.17) is 4.74 Å². The highest BCUT2D eigenvalue weighted by Crippen LogP contribution is 2.46. The van der Waals surface area contributed by atoms with Crippen LogP contribution in [0.2, 0.25) is 0 Å². The number of fused-ring (bicyclic) bond motifs is 1. The third kappa shape index (κ3) is 3.07. The van der Waals surface area contributed by atoms with Gasteiger partial charge in [0.1, 0.15) is 18.5 Å². The Morgan fingerprint density at radius 1 is 1.08 bits per heavy atom. The number of aliphatic hydroxyl groups is 1. The Morgan fingerprint density at radius 2 is 1.81 bits per heavy atom. The van der Waals surface area contributed by atoms with E-state index in [0.29, 0.717) is 12.2 Å². The number of carbonyl (C=O) groups excluding carboxylic acids is 2. The van der Waals surface area contributed by atoms with E-state index >= 15 is 0 Å². The van der Waals surface area contributed by atoms with Crippen molar-refractivity contribution < 1.29 is 19.4 Å². The molecular weight excluding hydrogens is 330 g/mol. The molecule has 1 N–H and O–H groups in total. The summed E-state index contributed by atoms with van der Waals surface area (Å²) in [5.74, 6) is 0.389. The van der Waals surface area contributed by atoms with Crippen molar-refractivity contribution in [1.82, 2.24) is 4.90 Å². The highest BCUT2D eigenvalue weighted by Gasteiger charge is 2.52. The second kappa shape index (κ2) is 6.72. The molecule has 2 aliphatic rings. The molecule has 0 radical (unpaired) electrons. The number of nitrogens with zero attached hydrogens (tertiary/aromatic N) is 1. The molecule has 5 nitrogen and oxygen atoms in total. The zero-order valence-electron chi connectivity index (χ0n) is 14.7. The number of amides is 2. The predicted molar refractivity (Wildman–Crippen MR) is 97.7 cm³/mol. The molecule has 4 rings (SSSR count). The van der Waals surface area contributed by atoms with E-state index in [1.54, 1.807) is 0 Å². The van der Waals surface area contributed by atoms with Crippen molar-refractivity contribution in [2.24, 2.45) is 5.41 Å². The molecule has 0 bridgehead atoms. The van der Waals surface area contributed by atoms with Crippen molar-refractivity contribution in [2.45, 2.75) is 38.2 Å². The first-order valence-electron chi connectivity index (χ1n) is 9.22. The second-order valence-corrected chi connectivity index (χ2v) is 7.45. The van der Waals surface area contributed by atoms with Crippen LogP contribution < -0.4 is 4.74 Å². The van der Waals surface area contributed by atoms with Crippen LogP contribution in [0, 0.1) is 5.41 Å². The van der Waals surface area contributed by atoms with Crippen molar-refractivity contribution in [3.05, 3.63) is 42.5 Å². The molecule has 2 amide bonds. The third-order valence-electron chi connectivity index (χ3n) is 5.61. The van der Waals surface area contributed by atoms with Gasteiger partial charge in [0, 0.05) is 6.42 Å². The van der Waals surface area contributed by atoms with E-state index in [9.17, 15) is 14.7 Å². The van der Waals surface area contributed by atoms with Crippen LogP contribution >= 0.6 is 0 Å².